The van der Waals surface area contributed by atoms with Crippen LogP contribution in [0.4, 0.5) is 0 Å². The quantitative estimate of drug-likeness (QED) is 0.474. The van der Waals surface area contributed by atoms with Gasteiger partial charge in [-0.25, -0.2) is 4.79 Å². The van der Waals surface area contributed by atoms with Crippen LogP contribution >= 0.6 is 0 Å². The molecule has 2 heterocycles. The maximum absolute atomic E-state index is 12.8. The van der Waals surface area contributed by atoms with E-state index in [0.717, 1.165) is 19.3 Å². The number of fused-ring (bicyclic) bond motifs is 2. The third-order valence-corrected chi connectivity index (χ3v) is 7.38. The van der Waals surface area contributed by atoms with Crippen LogP contribution in [0.1, 0.15) is 32.1 Å². The average Bonchev–Trinajstić information content (AvgIpc) is 2.78. The summed E-state index contributed by atoms with van der Waals surface area (Å²) in [6.45, 7) is 0.567. The maximum Gasteiger partial charge on any atom is 0.339 e. The molecule has 4 aliphatic carbocycles. The molecule has 1 unspecified atom stereocenters. The van der Waals surface area contributed by atoms with Crippen molar-refractivity contribution in [1.29, 1.82) is 0 Å². The van der Waals surface area contributed by atoms with Gasteiger partial charge in [0, 0.05) is 12.5 Å². The summed E-state index contributed by atoms with van der Waals surface area (Å²) < 4.78 is 23.1. The molecule has 0 aromatic rings. The van der Waals surface area contributed by atoms with E-state index in [9.17, 15) is 9.90 Å². The molecule has 6 rings (SSSR count). The summed E-state index contributed by atoms with van der Waals surface area (Å²) in [5.41, 5.74) is -1.69. The van der Waals surface area contributed by atoms with E-state index >= 15 is 0 Å². The molecule has 0 radical (unpaired) electrons. The molecule has 2 aliphatic heterocycles. The number of hydrogen-bond donors (Lipinski definition) is 1. The Balaban J connectivity index is 1.63. The highest BCUT2D eigenvalue weighted by Crippen LogP contribution is 2.74. The Morgan fingerprint density at radius 2 is 2.29 bits per heavy atom. The largest absolute Gasteiger partial charge is 0.462 e. The standard InChI is InChI=1S/C18H24O6/c1-21-10-23-13-8-17-6-4-11(13)7-18(17)15(20)22-9-16(17)5-2-3-12(19)14(16)24-18/h2,5,11-14,19H,3-4,6-10H2,1H3/t11-,12-,13?,14+,16+,17-,18+/m1/s1. The SMILES string of the molecule is COCOC1C[C@@]23CC[C@@H]1C[C@@]21O[C@H]2[C@H](O)CC=C[C@]23COC1=O. The lowest BCUT2D eigenvalue weighted by Gasteiger charge is -2.63. The van der Waals surface area contributed by atoms with Gasteiger partial charge in [-0.2, -0.15) is 0 Å². The topological polar surface area (TPSA) is 74.2 Å². The van der Waals surface area contributed by atoms with Gasteiger partial charge in [0.05, 0.1) is 23.7 Å². The summed E-state index contributed by atoms with van der Waals surface area (Å²) in [6.07, 6.45) is 7.22. The van der Waals surface area contributed by atoms with Crippen LogP contribution < -0.4 is 0 Å². The maximum atomic E-state index is 12.8. The van der Waals surface area contributed by atoms with Gasteiger partial charge in [-0.3, -0.25) is 0 Å². The Morgan fingerprint density at radius 1 is 1.42 bits per heavy atom. The number of carbonyl (C=O) groups is 1. The Labute approximate surface area is 141 Å². The Hall–Kier alpha value is -0.950. The number of aliphatic hydroxyl groups excluding tert-OH is 1. The lowest BCUT2D eigenvalue weighted by Crippen LogP contribution is -2.70. The smallest absolute Gasteiger partial charge is 0.339 e. The average molecular weight is 336 g/mol. The van der Waals surface area contributed by atoms with Crippen molar-refractivity contribution in [3.63, 3.8) is 0 Å². The molecule has 5 fully saturated rings. The monoisotopic (exact) mass is 336 g/mol. The van der Waals surface area contributed by atoms with Crippen LogP contribution in [0.2, 0.25) is 0 Å². The van der Waals surface area contributed by atoms with Crippen molar-refractivity contribution in [1.82, 2.24) is 0 Å². The third kappa shape index (κ3) is 1.50. The first-order chi connectivity index (χ1) is 11.6. The van der Waals surface area contributed by atoms with Gasteiger partial charge < -0.3 is 24.1 Å². The lowest BCUT2D eigenvalue weighted by molar-refractivity contribution is -0.245. The molecule has 24 heavy (non-hydrogen) atoms. The molecule has 2 saturated heterocycles. The predicted molar refractivity (Wildman–Crippen MR) is 81.9 cm³/mol. The molecule has 0 amide bonds. The Bertz CT molecular complexity index is 604. The van der Waals surface area contributed by atoms with E-state index in [1.54, 1.807) is 7.11 Å². The first-order valence-corrected chi connectivity index (χ1v) is 8.90. The zero-order chi connectivity index (χ0) is 16.6. The van der Waals surface area contributed by atoms with E-state index in [4.69, 9.17) is 18.9 Å². The van der Waals surface area contributed by atoms with Crippen LogP contribution in [0.5, 0.6) is 0 Å². The summed E-state index contributed by atoms with van der Waals surface area (Å²) in [4.78, 5) is 12.8. The number of ether oxygens (including phenoxy) is 4. The van der Waals surface area contributed by atoms with Crippen molar-refractivity contribution >= 4 is 5.97 Å². The number of esters is 1. The van der Waals surface area contributed by atoms with E-state index in [1.165, 1.54) is 0 Å². The van der Waals surface area contributed by atoms with Crippen molar-refractivity contribution in [3.05, 3.63) is 12.2 Å². The van der Waals surface area contributed by atoms with Gasteiger partial charge in [0.25, 0.3) is 0 Å². The number of rotatable bonds is 3. The molecule has 3 saturated carbocycles. The fourth-order valence-electron chi connectivity index (χ4n) is 6.41. The van der Waals surface area contributed by atoms with Gasteiger partial charge in [0.2, 0.25) is 0 Å². The normalized spacial score (nSPS) is 54.3. The van der Waals surface area contributed by atoms with Crippen molar-refractivity contribution < 1.29 is 28.8 Å². The molecule has 1 N–H and O–H groups in total. The van der Waals surface area contributed by atoms with E-state index in [2.05, 4.69) is 6.08 Å². The van der Waals surface area contributed by atoms with Crippen molar-refractivity contribution in [2.45, 2.75) is 56.0 Å². The Morgan fingerprint density at radius 3 is 3.12 bits per heavy atom. The summed E-state index contributed by atoms with van der Waals surface area (Å²) in [5, 5.41) is 10.6. The summed E-state index contributed by atoms with van der Waals surface area (Å²) in [5.74, 6) is 0.0315. The molecular weight excluding hydrogens is 312 g/mol. The van der Waals surface area contributed by atoms with Gasteiger partial charge in [-0.15, -0.1) is 0 Å². The number of methoxy groups -OCH3 is 1. The summed E-state index contributed by atoms with van der Waals surface area (Å²) in [6, 6.07) is 0. The van der Waals surface area contributed by atoms with Crippen molar-refractivity contribution in [3.8, 4) is 0 Å². The third-order valence-electron chi connectivity index (χ3n) is 7.38. The van der Waals surface area contributed by atoms with Gasteiger partial charge >= 0.3 is 5.97 Å². The van der Waals surface area contributed by atoms with Crippen molar-refractivity contribution in [2.24, 2.45) is 16.7 Å². The summed E-state index contributed by atoms with van der Waals surface area (Å²) in [7, 11) is 1.63. The number of cyclic esters (lactones) is 1. The minimum atomic E-state index is -0.915. The number of carbonyl (C=O) groups excluding carboxylic acids is 1. The molecule has 0 aromatic heterocycles. The lowest BCUT2D eigenvalue weighted by atomic mass is 9.42. The van der Waals surface area contributed by atoms with Gasteiger partial charge in [0.15, 0.2) is 5.60 Å². The second-order valence-corrected chi connectivity index (χ2v) is 8.09. The first kappa shape index (κ1) is 15.3. The molecule has 2 spiro atoms. The molecule has 7 atom stereocenters. The second kappa shape index (κ2) is 4.81. The van der Waals surface area contributed by atoms with Gasteiger partial charge in [0.1, 0.15) is 13.4 Å². The fraction of sp³-hybridized carbons (Fsp3) is 0.833. The van der Waals surface area contributed by atoms with Crippen LogP contribution in [0, 0.1) is 16.7 Å². The fourth-order valence-corrected chi connectivity index (χ4v) is 6.41. The highest BCUT2D eigenvalue weighted by atomic mass is 16.7. The van der Waals surface area contributed by atoms with Crippen molar-refractivity contribution in [2.75, 3.05) is 20.5 Å². The summed E-state index contributed by atoms with van der Waals surface area (Å²) >= 11 is 0. The molecule has 6 aliphatic rings. The zero-order valence-corrected chi connectivity index (χ0v) is 13.9. The molecule has 6 nitrogen and oxygen atoms in total. The highest BCUT2D eigenvalue weighted by molar-refractivity contribution is 5.84. The van der Waals surface area contributed by atoms with Gasteiger partial charge in [-0.1, -0.05) is 12.2 Å². The predicted octanol–water partition coefficient (Wildman–Crippen LogP) is 1.17. The molecule has 0 aromatic carbocycles. The zero-order valence-electron chi connectivity index (χ0n) is 13.9. The minimum absolute atomic E-state index is 0.0735. The van der Waals surface area contributed by atoms with Crippen LogP contribution in [-0.4, -0.2) is 55.5 Å². The Kier molecular flexibility index (Phi) is 3.07. The van der Waals surface area contributed by atoms with Crippen LogP contribution in [0.3, 0.4) is 0 Å². The van der Waals surface area contributed by atoms with Crippen LogP contribution in [0.15, 0.2) is 12.2 Å². The molecule has 4 bridgehead atoms. The molecule has 6 heteroatoms. The number of hydrogen-bond acceptors (Lipinski definition) is 6. The minimum Gasteiger partial charge on any atom is -0.462 e. The van der Waals surface area contributed by atoms with E-state index < -0.39 is 17.1 Å². The van der Waals surface area contributed by atoms with Gasteiger partial charge in [-0.05, 0) is 38.0 Å². The van der Waals surface area contributed by atoms with E-state index in [1.807, 2.05) is 6.08 Å². The highest BCUT2D eigenvalue weighted by Gasteiger charge is 2.82. The molecule has 132 valence electrons. The van der Waals surface area contributed by atoms with E-state index in [0.29, 0.717) is 19.4 Å². The number of aliphatic hydroxyl groups is 1. The van der Waals surface area contributed by atoms with Crippen LogP contribution in [0.25, 0.3) is 0 Å². The molecular formula is C18H24O6. The first-order valence-electron chi connectivity index (χ1n) is 8.90. The second-order valence-electron chi connectivity index (χ2n) is 8.09. The van der Waals surface area contributed by atoms with E-state index in [-0.39, 0.29) is 36.3 Å². The van der Waals surface area contributed by atoms with Crippen LogP contribution in [-0.2, 0) is 23.7 Å².